The first-order valence-corrected chi connectivity index (χ1v) is 28.0. The Kier molecular flexibility index (Phi) is 12.3. The lowest BCUT2D eigenvalue weighted by molar-refractivity contribution is 0.381. The van der Waals surface area contributed by atoms with Gasteiger partial charge in [-0.15, -0.1) is 0 Å². The number of aromatic nitrogens is 1. The average molecular weight is 995 g/mol. The van der Waals surface area contributed by atoms with Crippen molar-refractivity contribution >= 4 is 49.5 Å². The van der Waals surface area contributed by atoms with E-state index in [1.807, 2.05) is 6.08 Å². The molecule has 0 radical (unpaired) electrons. The Morgan fingerprint density at radius 3 is 2.08 bits per heavy atom. The number of nitrogens with zero attached hydrogens (tertiary/aromatic N) is 2. The van der Waals surface area contributed by atoms with Crippen molar-refractivity contribution in [1.82, 2.24) is 4.40 Å². The van der Waals surface area contributed by atoms with Gasteiger partial charge in [-0.2, -0.15) is 0 Å². The third kappa shape index (κ3) is 8.08. The van der Waals surface area contributed by atoms with Crippen LogP contribution in [-0.4, -0.2) is 10.4 Å². The second kappa shape index (κ2) is 19.6. The molecule has 0 saturated carbocycles. The van der Waals surface area contributed by atoms with Gasteiger partial charge in [-0.25, -0.2) is 0 Å². The van der Waals surface area contributed by atoms with Crippen LogP contribution in [0.5, 0.6) is 0 Å². The van der Waals surface area contributed by atoms with Crippen LogP contribution in [0.4, 0.5) is 11.4 Å². The number of rotatable bonds is 13. The van der Waals surface area contributed by atoms with Crippen molar-refractivity contribution < 1.29 is 0 Å². The molecule has 0 bridgehead atoms. The van der Waals surface area contributed by atoms with Crippen LogP contribution < -0.4 is 4.90 Å². The lowest BCUT2D eigenvalue weighted by Crippen LogP contribution is -2.30. The van der Waals surface area contributed by atoms with Gasteiger partial charge < -0.3 is 9.30 Å². The maximum Gasteiger partial charge on any atom is 0.0620 e. The minimum Gasteiger partial charge on any atom is -0.334 e. The molecule has 376 valence electrons. The molecule has 10 aromatic rings. The molecule has 8 aromatic carbocycles. The van der Waals surface area contributed by atoms with Crippen molar-refractivity contribution in [1.29, 1.82) is 0 Å². The van der Waals surface area contributed by atoms with E-state index in [2.05, 4.69) is 275 Å². The topological polar surface area (TPSA) is 7.65 Å². The number of para-hydroxylation sites is 3. The largest absolute Gasteiger partial charge is 0.334 e. The molecule has 2 heterocycles. The molecule has 2 heteroatoms. The molecule has 0 aliphatic heterocycles. The average Bonchev–Trinajstić information content (AvgIpc) is 4.29. The quantitative estimate of drug-likeness (QED) is 0.104. The Morgan fingerprint density at radius 1 is 0.649 bits per heavy atom. The van der Waals surface area contributed by atoms with E-state index in [1.54, 1.807) is 0 Å². The van der Waals surface area contributed by atoms with Crippen LogP contribution in [-0.2, 0) is 11.8 Å². The van der Waals surface area contributed by atoms with Crippen LogP contribution in [0.3, 0.4) is 0 Å². The Bertz CT molecular complexity index is 4140. The highest BCUT2D eigenvalue weighted by Gasteiger charge is 2.37. The summed E-state index contributed by atoms with van der Waals surface area (Å²) in [4.78, 5) is 2.57. The minimum absolute atomic E-state index is 0.100. The fourth-order valence-electron chi connectivity index (χ4n) is 13.6. The number of allylic oxidation sites excluding steroid dienone is 11. The Morgan fingerprint density at radius 2 is 1.31 bits per heavy atom. The van der Waals surface area contributed by atoms with Crippen molar-refractivity contribution in [3.63, 3.8) is 0 Å². The van der Waals surface area contributed by atoms with E-state index in [9.17, 15) is 0 Å². The molecule has 3 atom stereocenters. The van der Waals surface area contributed by atoms with Crippen molar-refractivity contribution in [3.05, 3.63) is 271 Å². The molecule has 3 aliphatic carbocycles. The van der Waals surface area contributed by atoms with E-state index in [1.165, 1.54) is 122 Å². The first-order chi connectivity index (χ1) is 37.7. The lowest BCUT2D eigenvalue weighted by Gasteiger charge is -2.34. The van der Waals surface area contributed by atoms with E-state index in [-0.39, 0.29) is 11.5 Å². The highest BCUT2D eigenvalue weighted by Crippen LogP contribution is 2.52. The molecular weight excluding hydrogens is 929 g/mol. The third-order valence-corrected chi connectivity index (χ3v) is 17.6. The van der Waals surface area contributed by atoms with Gasteiger partial charge in [0.2, 0.25) is 0 Å². The first kappa shape index (κ1) is 48.2. The molecule has 0 fully saturated rings. The van der Waals surface area contributed by atoms with Gasteiger partial charge in [0.05, 0.1) is 22.6 Å². The van der Waals surface area contributed by atoms with E-state index >= 15 is 0 Å². The molecule has 2 aromatic heterocycles. The molecule has 0 spiro atoms. The molecule has 3 aliphatic rings. The highest BCUT2D eigenvalue weighted by molar-refractivity contribution is 6.25. The maximum atomic E-state index is 4.17. The Balaban J connectivity index is 0.862. The summed E-state index contributed by atoms with van der Waals surface area (Å²) in [6, 6.07) is 62.5. The predicted molar refractivity (Wildman–Crippen MR) is 331 cm³/mol. The standard InChI is InChI=1S/C75H66N2/c1-7-10-21-50(8-2)53-34-39-57(40-35-53)76(58-41-36-54(37-42-58)60-27-18-28-61(49(60)4)62-25-15-14-24-55(62)46-51(9-3)52-22-12-11-13-23-52)59-43-45-65-64-44-38-56(47-70(64)75(5,6)71(65)48-59)63-29-19-31-68-69-32-20-30-67-66-26-16-17-33-72(66)77(73(63)68)74(67)69/h7-8,10-22,24-39,41-45,47-48,51-52,57H,2,9,23,40,46H2,1,3-6H3/b10-7-,50-21+/t51-,52?,57?/m0/s1. The smallest absolute Gasteiger partial charge is 0.0620 e. The van der Waals surface area contributed by atoms with E-state index < -0.39 is 0 Å². The summed E-state index contributed by atoms with van der Waals surface area (Å²) in [6.07, 6.45) is 28.8. The summed E-state index contributed by atoms with van der Waals surface area (Å²) in [7, 11) is 0. The summed E-state index contributed by atoms with van der Waals surface area (Å²) < 4.78 is 2.52. The van der Waals surface area contributed by atoms with E-state index in [0.29, 0.717) is 11.8 Å². The second-order valence-electron chi connectivity index (χ2n) is 22.2. The summed E-state index contributed by atoms with van der Waals surface area (Å²) in [6.45, 7) is 15.7. The van der Waals surface area contributed by atoms with Gasteiger partial charge in [-0.3, -0.25) is 0 Å². The maximum absolute atomic E-state index is 4.17. The number of hydrogen-bond donors (Lipinski definition) is 0. The molecule has 0 amide bonds. The van der Waals surface area contributed by atoms with E-state index in [4.69, 9.17) is 0 Å². The summed E-state index contributed by atoms with van der Waals surface area (Å²) in [5.41, 5.74) is 24.1. The fraction of sp³-hybridized carbons (Fsp3) is 0.173. The van der Waals surface area contributed by atoms with Gasteiger partial charge in [0.15, 0.2) is 0 Å². The van der Waals surface area contributed by atoms with Gasteiger partial charge >= 0.3 is 0 Å². The number of anilines is 2. The summed E-state index contributed by atoms with van der Waals surface area (Å²) in [5, 5.41) is 5.23. The summed E-state index contributed by atoms with van der Waals surface area (Å²) in [5.74, 6) is 1.18. The number of fused-ring (bicyclic) bond motifs is 9. The first-order valence-electron chi connectivity index (χ1n) is 28.0. The predicted octanol–water partition coefficient (Wildman–Crippen LogP) is 20.2. The fourth-order valence-corrected chi connectivity index (χ4v) is 13.6. The second-order valence-corrected chi connectivity index (χ2v) is 22.2. The van der Waals surface area contributed by atoms with Crippen LogP contribution in [0.1, 0.15) is 69.2 Å². The monoisotopic (exact) mass is 995 g/mol. The minimum atomic E-state index is -0.241. The van der Waals surface area contributed by atoms with Gasteiger partial charge in [0, 0.05) is 43.9 Å². The summed E-state index contributed by atoms with van der Waals surface area (Å²) >= 11 is 0. The van der Waals surface area contributed by atoms with Crippen molar-refractivity contribution in [2.75, 3.05) is 4.90 Å². The van der Waals surface area contributed by atoms with Gasteiger partial charge in [-0.05, 0) is 154 Å². The lowest BCUT2D eigenvalue weighted by atomic mass is 9.79. The highest BCUT2D eigenvalue weighted by atomic mass is 15.2. The third-order valence-electron chi connectivity index (χ3n) is 17.6. The molecule has 2 nitrogen and oxygen atoms in total. The molecule has 13 rings (SSSR count). The Labute approximate surface area is 455 Å². The number of hydrogen-bond acceptors (Lipinski definition) is 1. The normalized spacial score (nSPS) is 17.2. The van der Waals surface area contributed by atoms with Crippen LogP contribution in [0.2, 0.25) is 0 Å². The molecular formula is C75H66N2. The van der Waals surface area contributed by atoms with Crippen molar-refractivity contribution in [2.45, 2.75) is 71.8 Å². The molecule has 2 unspecified atom stereocenters. The van der Waals surface area contributed by atoms with Gasteiger partial charge in [-0.1, -0.05) is 228 Å². The zero-order valence-electron chi connectivity index (χ0n) is 45.1. The van der Waals surface area contributed by atoms with Crippen LogP contribution in [0.15, 0.2) is 248 Å². The Hall–Kier alpha value is -8.46. The van der Waals surface area contributed by atoms with Gasteiger partial charge in [0.25, 0.3) is 0 Å². The molecule has 0 saturated heterocycles. The van der Waals surface area contributed by atoms with Crippen LogP contribution >= 0.6 is 0 Å². The van der Waals surface area contributed by atoms with E-state index in [0.717, 1.165) is 31.3 Å². The van der Waals surface area contributed by atoms with Crippen molar-refractivity contribution in [2.24, 2.45) is 11.8 Å². The zero-order chi connectivity index (χ0) is 52.4. The SMILES string of the molecule is C=C/C(=C\C=C/C)C1=CCC(N(c2ccc(-c3cccc(-c4ccccc4C[C@H](CC)C4C=CC=CC4)c3C)cc2)c2ccc3c(c2)C(C)(C)c2cc(-c4cccc5c6cccc7c8ccccc8n(c45)c76)ccc2-3)C=C1. The van der Waals surface area contributed by atoms with Crippen LogP contribution in [0.25, 0.3) is 82.6 Å². The number of benzene rings is 8. The molecule has 0 N–H and O–H groups in total. The zero-order valence-corrected chi connectivity index (χ0v) is 45.1. The van der Waals surface area contributed by atoms with Crippen molar-refractivity contribution in [3.8, 4) is 44.5 Å². The molecule has 77 heavy (non-hydrogen) atoms. The van der Waals surface area contributed by atoms with Crippen LogP contribution in [0, 0.1) is 18.8 Å². The van der Waals surface area contributed by atoms with Gasteiger partial charge in [0.1, 0.15) is 0 Å².